The summed E-state index contributed by atoms with van der Waals surface area (Å²) in [5.74, 6) is 0. The van der Waals surface area contributed by atoms with Gasteiger partial charge in [-0.3, -0.25) is 0 Å². The first-order valence-electron chi connectivity index (χ1n) is 6.11. The van der Waals surface area contributed by atoms with Crippen molar-refractivity contribution in [2.75, 3.05) is 19.8 Å². The van der Waals surface area contributed by atoms with Gasteiger partial charge < -0.3 is 10.5 Å². The molecule has 0 saturated carbocycles. The molecule has 2 heteroatoms. The summed E-state index contributed by atoms with van der Waals surface area (Å²) in [6.07, 6.45) is 1.01. The zero-order valence-electron chi connectivity index (χ0n) is 9.86. The second-order valence-electron chi connectivity index (χ2n) is 4.87. The van der Waals surface area contributed by atoms with Crippen molar-refractivity contribution in [2.45, 2.75) is 11.8 Å². The average Bonchev–Trinajstić information content (AvgIpc) is 2.33. The molecule has 0 aromatic heterocycles. The molecule has 1 saturated heterocycles. The summed E-state index contributed by atoms with van der Waals surface area (Å²) in [5, 5.41) is 2.59. The third-order valence-corrected chi connectivity index (χ3v) is 3.74. The molecule has 1 aliphatic rings. The smallest absolute Gasteiger partial charge is 0.0586 e. The van der Waals surface area contributed by atoms with Crippen molar-refractivity contribution in [2.24, 2.45) is 5.73 Å². The second-order valence-corrected chi connectivity index (χ2v) is 4.87. The van der Waals surface area contributed by atoms with Crippen molar-refractivity contribution in [3.63, 3.8) is 0 Å². The van der Waals surface area contributed by atoms with Crippen LogP contribution in [0, 0.1) is 0 Å². The van der Waals surface area contributed by atoms with E-state index in [2.05, 4.69) is 42.5 Å². The van der Waals surface area contributed by atoms with Crippen molar-refractivity contribution < 1.29 is 4.74 Å². The number of ether oxygens (including phenoxy) is 1. The van der Waals surface area contributed by atoms with Crippen molar-refractivity contribution in [1.82, 2.24) is 0 Å². The van der Waals surface area contributed by atoms with Gasteiger partial charge in [-0.25, -0.2) is 0 Å². The summed E-state index contributed by atoms with van der Waals surface area (Å²) in [4.78, 5) is 0. The maximum atomic E-state index is 5.72. The number of benzene rings is 2. The Kier molecular flexibility index (Phi) is 2.61. The van der Waals surface area contributed by atoms with E-state index in [1.54, 1.807) is 0 Å². The van der Waals surface area contributed by atoms with Gasteiger partial charge in [-0.15, -0.1) is 0 Å². The predicted octanol–water partition coefficient (Wildman–Crippen LogP) is 2.46. The molecule has 0 unspecified atom stereocenters. The van der Waals surface area contributed by atoms with E-state index in [0.29, 0.717) is 0 Å². The lowest BCUT2D eigenvalue weighted by molar-refractivity contribution is -0.0630. The van der Waals surface area contributed by atoms with E-state index in [9.17, 15) is 0 Å². The maximum Gasteiger partial charge on any atom is 0.0586 e. The third-order valence-electron chi connectivity index (χ3n) is 3.74. The van der Waals surface area contributed by atoms with Crippen LogP contribution in [0.5, 0.6) is 0 Å². The predicted molar refractivity (Wildman–Crippen MR) is 70.1 cm³/mol. The Hall–Kier alpha value is -1.38. The van der Waals surface area contributed by atoms with Gasteiger partial charge in [0.25, 0.3) is 0 Å². The molecule has 3 rings (SSSR count). The molecule has 17 heavy (non-hydrogen) atoms. The zero-order chi connectivity index (χ0) is 11.7. The summed E-state index contributed by atoms with van der Waals surface area (Å²) in [5.41, 5.74) is 7.25. The first-order valence-corrected chi connectivity index (χ1v) is 6.11. The topological polar surface area (TPSA) is 35.2 Å². The third kappa shape index (κ3) is 1.74. The Morgan fingerprint density at radius 1 is 1.06 bits per heavy atom. The maximum absolute atomic E-state index is 5.72. The van der Waals surface area contributed by atoms with Gasteiger partial charge in [0.2, 0.25) is 0 Å². The van der Waals surface area contributed by atoms with Crippen molar-refractivity contribution in [1.29, 1.82) is 0 Å². The van der Waals surface area contributed by atoms with Crippen molar-refractivity contribution in [3.05, 3.63) is 48.0 Å². The van der Waals surface area contributed by atoms with E-state index in [-0.39, 0.29) is 5.41 Å². The molecule has 0 aliphatic carbocycles. The van der Waals surface area contributed by atoms with E-state index >= 15 is 0 Å². The standard InChI is InChI=1S/C15H17NO/c16-8-7-15(10-17-11-15)14-6-5-12-3-1-2-4-13(12)9-14/h1-6,9H,7-8,10-11,16H2. The molecule has 2 nitrogen and oxygen atoms in total. The highest BCUT2D eigenvalue weighted by Crippen LogP contribution is 2.36. The monoisotopic (exact) mass is 227 g/mol. The number of hydrogen-bond acceptors (Lipinski definition) is 2. The van der Waals surface area contributed by atoms with Crippen LogP contribution < -0.4 is 5.73 Å². The Labute approximate surface area is 101 Å². The normalized spacial score (nSPS) is 17.9. The van der Waals surface area contributed by atoms with Crippen molar-refractivity contribution >= 4 is 10.8 Å². The molecule has 88 valence electrons. The number of fused-ring (bicyclic) bond motifs is 1. The minimum Gasteiger partial charge on any atom is -0.379 e. The number of nitrogens with two attached hydrogens (primary N) is 1. The molecule has 2 aromatic carbocycles. The lowest BCUT2D eigenvalue weighted by atomic mass is 9.75. The molecule has 2 aromatic rings. The van der Waals surface area contributed by atoms with Gasteiger partial charge >= 0.3 is 0 Å². The van der Waals surface area contributed by atoms with Crippen LogP contribution in [-0.2, 0) is 10.2 Å². The Bertz CT molecular complexity index is 531. The summed E-state index contributed by atoms with van der Waals surface area (Å²) < 4.78 is 5.40. The van der Waals surface area contributed by atoms with Gasteiger partial charge in [-0.05, 0) is 29.3 Å². The lowest BCUT2D eigenvalue weighted by Crippen LogP contribution is -2.48. The van der Waals surface area contributed by atoms with E-state index < -0.39 is 0 Å². The largest absolute Gasteiger partial charge is 0.379 e. The van der Waals surface area contributed by atoms with Crippen LogP contribution in [-0.4, -0.2) is 19.8 Å². The van der Waals surface area contributed by atoms with Gasteiger partial charge in [0, 0.05) is 5.41 Å². The first-order chi connectivity index (χ1) is 8.34. The van der Waals surface area contributed by atoms with Crippen LogP contribution in [0.15, 0.2) is 42.5 Å². The fourth-order valence-electron chi connectivity index (χ4n) is 2.60. The Morgan fingerprint density at radius 2 is 1.82 bits per heavy atom. The van der Waals surface area contributed by atoms with Crippen LogP contribution in [0.1, 0.15) is 12.0 Å². The summed E-state index contributed by atoms with van der Waals surface area (Å²) in [6.45, 7) is 2.33. The number of hydrogen-bond donors (Lipinski definition) is 1. The first kappa shape index (κ1) is 10.8. The van der Waals surface area contributed by atoms with Crippen LogP contribution >= 0.6 is 0 Å². The van der Waals surface area contributed by atoms with E-state index in [1.165, 1.54) is 16.3 Å². The Morgan fingerprint density at radius 3 is 2.47 bits per heavy atom. The fraction of sp³-hybridized carbons (Fsp3) is 0.333. The van der Waals surface area contributed by atoms with Crippen LogP contribution in [0.3, 0.4) is 0 Å². The molecule has 0 bridgehead atoms. The molecule has 1 aliphatic heterocycles. The Balaban J connectivity index is 2.05. The fourth-order valence-corrected chi connectivity index (χ4v) is 2.60. The van der Waals surface area contributed by atoms with Gasteiger partial charge in [0.15, 0.2) is 0 Å². The average molecular weight is 227 g/mol. The molecule has 0 amide bonds. The molecule has 1 heterocycles. The minimum atomic E-state index is 0.165. The molecule has 0 radical (unpaired) electrons. The molecule has 0 atom stereocenters. The molecule has 0 spiro atoms. The summed E-state index contributed by atoms with van der Waals surface area (Å²) in [6, 6.07) is 15.2. The van der Waals surface area contributed by atoms with Gasteiger partial charge in [-0.1, -0.05) is 42.5 Å². The van der Waals surface area contributed by atoms with E-state index in [4.69, 9.17) is 10.5 Å². The van der Waals surface area contributed by atoms with E-state index in [0.717, 1.165) is 26.2 Å². The molecule has 1 fully saturated rings. The van der Waals surface area contributed by atoms with Crippen LogP contribution in [0.4, 0.5) is 0 Å². The zero-order valence-corrected chi connectivity index (χ0v) is 9.86. The van der Waals surface area contributed by atoms with E-state index in [1.807, 2.05) is 0 Å². The lowest BCUT2D eigenvalue weighted by Gasteiger charge is -2.42. The molecule has 2 N–H and O–H groups in total. The quantitative estimate of drug-likeness (QED) is 0.874. The number of rotatable bonds is 3. The van der Waals surface area contributed by atoms with Crippen molar-refractivity contribution in [3.8, 4) is 0 Å². The molecular formula is C15H17NO. The van der Waals surface area contributed by atoms with Gasteiger partial charge in [0.05, 0.1) is 13.2 Å². The molecular weight excluding hydrogens is 210 g/mol. The summed E-state index contributed by atoms with van der Waals surface area (Å²) >= 11 is 0. The van der Waals surface area contributed by atoms with Crippen LogP contribution in [0.25, 0.3) is 10.8 Å². The van der Waals surface area contributed by atoms with Crippen LogP contribution in [0.2, 0.25) is 0 Å². The second kappa shape index (κ2) is 4.13. The minimum absolute atomic E-state index is 0.165. The highest BCUT2D eigenvalue weighted by atomic mass is 16.5. The highest BCUT2D eigenvalue weighted by molar-refractivity contribution is 5.83. The highest BCUT2D eigenvalue weighted by Gasteiger charge is 2.39. The SMILES string of the molecule is NCCC1(c2ccc3ccccc3c2)COC1. The van der Waals surface area contributed by atoms with Gasteiger partial charge in [-0.2, -0.15) is 0 Å². The van der Waals surface area contributed by atoms with Gasteiger partial charge in [0.1, 0.15) is 0 Å². The summed E-state index contributed by atoms with van der Waals surface area (Å²) in [7, 11) is 0.